The van der Waals surface area contributed by atoms with Gasteiger partial charge in [-0.2, -0.15) is 5.10 Å². The molecular weight excluding hydrogens is 240 g/mol. The van der Waals surface area contributed by atoms with E-state index in [1.54, 1.807) is 0 Å². The van der Waals surface area contributed by atoms with Gasteiger partial charge in [-0.05, 0) is 25.3 Å². The molecule has 1 aromatic rings. The largest absolute Gasteiger partial charge is 0.272 e. The minimum atomic E-state index is 0.572. The molecule has 0 N–H and O–H groups in total. The molecule has 0 radical (unpaired) electrons. The van der Waals surface area contributed by atoms with E-state index < -0.39 is 0 Å². The molecule has 0 aliphatic carbocycles. The Balaban J connectivity index is 2.71. The predicted molar refractivity (Wildman–Crippen MR) is 63.8 cm³/mol. The molecule has 1 aromatic heterocycles. The highest BCUT2D eigenvalue weighted by Gasteiger charge is 2.15. The van der Waals surface area contributed by atoms with E-state index in [4.69, 9.17) is 0 Å². The maximum absolute atomic E-state index is 4.36. The van der Waals surface area contributed by atoms with Crippen molar-refractivity contribution in [3.8, 4) is 0 Å². The molecular formula is C11H19BrN2. The third-order valence-electron chi connectivity index (χ3n) is 2.74. The Labute approximate surface area is 94.8 Å². The van der Waals surface area contributed by atoms with Gasteiger partial charge < -0.3 is 0 Å². The first-order chi connectivity index (χ1) is 6.54. The lowest BCUT2D eigenvalue weighted by molar-refractivity contribution is 0.489. The van der Waals surface area contributed by atoms with Crippen LogP contribution in [0.4, 0.5) is 0 Å². The summed E-state index contributed by atoms with van der Waals surface area (Å²) in [6, 6.07) is 2.18. The van der Waals surface area contributed by atoms with Crippen LogP contribution >= 0.6 is 15.9 Å². The van der Waals surface area contributed by atoms with Gasteiger partial charge in [0.1, 0.15) is 0 Å². The van der Waals surface area contributed by atoms with Crippen LogP contribution in [0.1, 0.15) is 31.7 Å². The van der Waals surface area contributed by atoms with Crippen LogP contribution in [0.5, 0.6) is 0 Å². The number of hydrogen-bond donors (Lipinski definition) is 0. The van der Waals surface area contributed by atoms with Gasteiger partial charge >= 0.3 is 0 Å². The number of aromatic nitrogens is 2. The van der Waals surface area contributed by atoms with Crippen LogP contribution in [-0.4, -0.2) is 14.6 Å². The van der Waals surface area contributed by atoms with Gasteiger partial charge in [-0.15, -0.1) is 0 Å². The SMILES string of the molecule is CCC(Cc1cc(C)nn1C)C(C)Br. The first-order valence-corrected chi connectivity index (χ1v) is 6.09. The van der Waals surface area contributed by atoms with E-state index in [1.807, 2.05) is 18.7 Å². The normalized spacial score (nSPS) is 15.5. The van der Waals surface area contributed by atoms with Gasteiger partial charge in [0, 0.05) is 17.6 Å². The molecule has 2 nitrogen and oxygen atoms in total. The van der Waals surface area contributed by atoms with Crippen LogP contribution < -0.4 is 0 Å². The Morgan fingerprint density at radius 3 is 2.57 bits per heavy atom. The second-order valence-electron chi connectivity index (χ2n) is 3.95. The Morgan fingerprint density at radius 2 is 2.21 bits per heavy atom. The van der Waals surface area contributed by atoms with Crippen LogP contribution in [-0.2, 0) is 13.5 Å². The summed E-state index contributed by atoms with van der Waals surface area (Å²) in [6.45, 7) is 6.51. The summed E-state index contributed by atoms with van der Waals surface area (Å²) in [4.78, 5) is 0.572. The Hall–Kier alpha value is -0.310. The van der Waals surface area contributed by atoms with Crippen molar-refractivity contribution in [1.29, 1.82) is 0 Å². The van der Waals surface area contributed by atoms with Crippen molar-refractivity contribution in [2.75, 3.05) is 0 Å². The second kappa shape index (κ2) is 4.96. The minimum Gasteiger partial charge on any atom is -0.272 e. The molecule has 0 aliphatic heterocycles. The summed E-state index contributed by atoms with van der Waals surface area (Å²) in [5.41, 5.74) is 2.44. The molecule has 0 aliphatic rings. The van der Waals surface area contributed by atoms with E-state index in [2.05, 4.69) is 40.9 Å². The van der Waals surface area contributed by atoms with Gasteiger partial charge in [-0.1, -0.05) is 36.2 Å². The first-order valence-electron chi connectivity index (χ1n) is 5.18. The average molecular weight is 259 g/mol. The topological polar surface area (TPSA) is 17.8 Å². The van der Waals surface area contributed by atoms with E-state index >= 15 is 0 Å². The van der Waals surface area contributed by atoms with E-state index in [0.717, 1.165) is 12.1 Å². The minimum absolute atomic E-state index is 0.572. The molecule has 3 heteroatoms. The molecule has 0 amide bonds. The van der Waals surface area contributed by atoms with Crippen molar-refractivity contribution in [2.24, 2.45) is 13.0 Å². The standard InChI is InChI=1S/C11H19BrN2/c1-5-10(9(3)12)7-11-6-8(2)13-14(11)4/h6,9-10H,5,7H2,1-4H3. The third-order valence-corrected chi connectivity index (χ3v) is 3.49. The Morgan fingerprint density at radius 1 is 1.57 bits per heavy atom. The average Bonchev–Trinajstić information content (AvgIpc) is 2.40. The molecule has 1 rings (SSSR count). The number of rotatable bonds is 4. The predicted octanol–water partition coefficient (Wildman–Crippen LogP) is 3.08. The summed E-state index contributed by atoms with van der Waals surface area (Å²) in [6.07, 6.45) is 2.32. The Bertz CT molecular complexity index is 291. The molecule has 0 saturated heterocycles. The van der Waals surface area contributed by atoms with E-state index in [1.165, 1.54) is 12.1 Å². The second-order valence-corrected chi connectivity index (χ2v) is 5.39. The van der Waals surface area contributed by atoms with Gasteiger partial charge in [0.05, 0.1) is 5.69 Å². The molecule has 1 heterocycles. The van der Waals surface area contributed by atoms with Gasteiger partial charge in [0.25, 0.3) is 0 Å². The van der Waals surface area contributed by atoms with Crippen molar-refractivity contribution in [2.45, 2.75) is 38.4 Å². The lowest BCUT2D eigenvalue weighted by Gasteiger charge is -2.17. The van der Waals surface area contributed by atoms with Crippen molar-refractivity contribution in [3.63, 3.8) is 0 Å². The Kier molecular flexibility index (Phi) is 4.17. The highest BCUT2D eigenvalue weighted by Crippen LogP contribution is 2.21. The van der Waals surface area contributed by atoms with E-state index in [0.29, 0.717) is 10.7 Å². The monoisotopic (exact) mass is 258 g/mol. The molecule has 80 valence electrons. The molecule has 2 unspecified atom stereocenters. The fourth-order valence-electron chi connectivity index (χ4n) is 1.76. The third kappa shape index (κ3) is 2.84. The van der Waals surface area contributed by atoms with Gasteiger partial charge in [0.2, 0.25) is 0 Å². The smallest absolute Gasteiger partial charge is 0.0596 e. The van der Waals surface area contributed by atoms with Gasteiger partial charge in [-0.25, -0.2) is 0 Å². The fraction of sp³-hybridized carbons (Fsp3) is 0.727. The number of aryl methyl sites for hydroxylation is 2. The summed E-state index contributed by atoms with van der Waals surface area (Å²) < 4.78 is 1.99. The zero-order chi connectivity index (χ0) is 10.7. The number of nitrogens with zero attached hydrogens (tertiary/aromatic N) is 2. The van der Waals surface area contributed by atoms with Gasteiger partial charge in [0.15, 0.2) is 0 Å². The van der Waals surface area contributed by atoms with Crippen LogP contribution in [0, 0.1) is 12.8 Å². The van der Waals surface area contributed by atoms with Crippen molar-refractivity contribution >= 4 is 15.9 Å². The van der Waals surface area contributed by atoms with Crippen molar-refractivity contribution in [3.05, 3.63) is 17.5 Å². The fourth-order valence-corrected chi connectivity index (χ4v) is 2.32. The summed E-state index contributed by atoms with van der Waals surface area (Å²) >= 11 is 3.66. The molecule has 2 atom stereocenters. The summed E-state index contributed by atoms with van der Waals surface area (Å²) in [5, 5.41) is 4.36. The quantitative estimate of drug-likeness (QED) is 0.760. The maximum Gasteiger partial charge on any atom is 0.0596 e. The van der Waals surface area contributed by atoms with Crippen molar-refractivity contribution in [1.82, 2.24) is 9.78 Å². The number of hydrogen-bond acceptors (Lipinski definition) is 1. The molecule has 0 spiro atoms. The number of halogens is 1. The van der Waals surface area contributed by atoms with Crippen LogP contribution in [0.15, 0.2) is 6.07 Å². The molecule has 0 saturated carbocycles. The molecule has 0 aromatic carbocycles. The molecule has 0 fully saturated rings. The molecule has 14 heavy (non-hydrogen) atoms. The lowest BCUT2D eigenvalue weighted by Crippen LogP contribution is -2.15. The zero-order valence-electron chi connectivity index (χ0n) is 9.42. The highest BCUT2D eigenvalue weighted by molar-refractivity contribution is 9.09. The first kappa shape index (κ1) is 11.8. The van der Waals surface area contributed by atoms with E-state index in [9.17, 15) is 0 Å². The maximum atomic E-state index is 4.36. The van der Waals surface area contributed by atoms with Crippen LogP contribution in [0.25, 0.3) is 0 Å². The number of alkyl halides is 1. The highest BCUT2D eigenvalue weighted by atomic mass is 79.9. The molecule has 0 bridgehead atoms. The van der Waals surface area contributed by atoms with Gasteiger partial charge in [-0.3, -0.25) is 4.68 Å². The lowest BCUT2D eigenvalue weighted by atomic mass is 9.97. The summed E-state index contributed by atoms with van der Waals surface area (Å²) in [5.74, 6) is 0.699. The zero-order valence-corrected chi connectivity index (χ0v) is 11.0. The van der Waals surface area contributed by atoms with Crippen molar-refractivity contribution < 1.29 is 0 Å². The van der Waals surface area contributed by atoms with E-state index in [-0.39, 0.29) is 0 Å². The van der Waals surface area contributed by atoms with Crippen LogP contribution in [0.3, 0.4) is 0 Å². The summed E-state index contributed by atoms with van der Waals surface area (Å²) in [7, 11) is 2.02. The van der Waals surface area contributed by atoms with Crippen LogP contribution in [0.2, 0.25) is 0 Å².